The first-order valence-electron chi connectivity index (χ1n) is 10.1. The fraction of sp³-hybridized carbons (Fsp3) is 0.0769. The van der Waals surface area contributed by atoms with Crippen molar-refractivity contribution in [2.24, 2.45) is 5.92 Å². The molecule has 2 atom stereocenters. The Morgan fingerprint density at radius 2 is 1.52 bits per heavy atom. The van der Waals surface area contributed by atoms with E-state index in [1.165, 1.54) is 42.5 Å². The van der Waals surface area contributed by atoms with E-state index in [1.807, 2.05) is 0 Å². The van der Waals surface area contributed by atoms with Crippen molar-refractivity contribution in [2.45, 2.75) is 5.85 Å². The summed E-state index contributed by atoms with van der Waals surface area (Å²) >= 11 is 5.86. The number of anilines is 1. The molecule has 4 rings (SSSR count). The van der Waals surface area contributed by atoms with Gasteiger partial charge in [0.15, 0.2) is 5.92 Å². The molecule has 4 nitrogen and oxygen atoms in total. The van der Waals surface area contributed by atoms with Crippen molar-refractivity contribution in [3.8, 4) is 0 Å². The smallest absolute Gasteiger partial charge is 0.341 e. The van der Waals surface area contributed by atoms with Crippen molar-refractivity contribution in [2.75, 3.05) is 5.32 Å². The number of allylic oxidation sites excluding steroid dienone is 2. The zero-order chi connectivity index (χ0) is 23.4. The topological polar surface area (TPSA) is 55.4 Å². The number of halogens is 3. The highest BCUT2D eigenvalue weighted by Crippen LogP contribution is 2.42. The van der Waals surface area contributed by atoms with Gasteiger partial charge in [0.25, 0.3) is 5.85 Å². The van der Waals surface area contributed by atoms with E-state index in [0.29, 0.717) is 10.6 Å². The number of rotatable bonds is 5. The van der Waals surface area contributed by atoms with Gasteiger partial charge in [-0.15, -0.1) is 0 Å². The SMILES string of the molecule is O=C(OC1(F)C=CC(c2ccccc2)=C(F)C1C(=O)Nc1ccc(Cl)cc1)c1ccccc1. The second kappa shape index (κ2) is 9.38. The molecule has 3 aromatic carbocycles. The third-order valence-electron chi connectivity index (χ3n) is 5.10. The summed E-state index contributed by atoms with van der Waals surface area (Å²) in [7, 11) is 0. The molecule has 0 spiro atoms. The molecule has 0 aliphatic heterocycles. The summed E-state index contributed by atoms with van der Waals surface area (Å²) in [4.78, 5) is 25.6. The van der Waals surface area contributed by atoms with Gasteiger partial charge < -0.3 is 10.1 Å². The summed E-state index contributed by atoms with van der Waals surface area (Å²) < 4.78 is 36.8. The van der Waals surface area contributed by atoms with Crippen LogP contribution < -0.4 is 5.32 Å². The average Bonchev–Trinajstić information content (AvgIpc) is 2.81. The van der Waals surface area contributed by atoms with Crippen LogP contribution in [-0.4, -0.2) is 17.7 Å². The first kappa shape index (κ1) is 22.4. The summed E-state index contributed by atoms with van der Waals surface area (Å²) in [6, 6.07) is 22.2. The Morgan fingerprint density at radius 1 is 0.909 bits per heavy atom. The number of ether oxygens (including phenoxy) is 1. The second-order valence-electron chi connectivity index (χ2n) is 7.34. The quantitative estimate of drug-likeness (QED) is 0.445. The number of carbonyl (C=O) groups excluding carboxylic acids is 2. The largest absolute Gasteiger partial charge is 0.420 e. The van der Waals surface area contributed by atoms with Crippen LogP contribution in [0.5, 0.6) is 0 Å². The number of esters is 1. The van der Waals surface area contributed by atoms with E-state index in [2.05, 4.69) is 5.32 Å². The maximum atomic E-state index is 16.0. The van der Waals surface area contributed by atoms with Gasteiger partial charge in [-0.2, -0.15) is 4.39 Å². The van der Waals surface area contributed by atoms with Gasteiger partial charge in [0.1, 0.15) is 5.83 Å². The van der Waals surface area contributed by atoms with Crippen LogP contribution in [0.25, 0.3) is 5.57 Å². The molecule has 0 heterocycles. The van der Waals surface area contributed by atoms with E-state index in [-0.39, 0.29) is 16.8 Å². The molecule has 3 aromatic rings. The Hall–Kier alpha value is -3.77. The van der Waals surface area contributed by atoms with Crippen LogP contribution in [0.1, 0.15) is 15.9 Å². The lowest BCUT2D eigenvalue weighted by atomic mass is 9.86. The number of hydrogen-bond acceptors (Lipinski definition) is 3. The minimum Gasteiger partial charge on any atom is -0.420 e. The molecule has 7 heteroatoms. The molecule has 1 aliphatic rings. The summed E-state index contributed by atoms with van der Waals surface area (Å²) in [6.45, 7) is 0. The van der Waals surface area contributed by atoms with Crippen LogP contribution in [0.4, 0.5) is 14.5 Å². The summed E-state index contributed by atoms with van der Waals surface area (Å²) in [6.07, 6.45) is 2.07. The number of hydrogen-bond donors (Lipinski definition) is 1. The van der Waals surface area contributed by atoms with E-state index in [9.17, 15) is 9.59 Å². The molecule has 0 bridgehead atoms. The summed E-state index contributed by atoms with van der Waals surface area (Å²) in [5, 5.41) is 2.91. The molecule has 33 heavy (non-hydrogen) atoms. The molecule has 0 radical (unpaired) electrons. The molecule has 1 aliphatic carbocycles. The molecule has 0 aromatic heterocycles. The fourth-order valence-corrected chi connectivity index (χ4v) is 3.59. The highest BCUT2D eigenvalue weighted by Gasteiger charge is 2.51. The molecule has 0 fully saturated rings. The van der Waals surface area contributed by atoms with Gasteiger partial charge in [0.05, 0.1) is 5.56 Å². The number of alkyl halides is 1. The van der Waals surface area contributed by atoms with Crippen molar-refractivity contribution in [3.63, 3.8) is 0 Å². The molecule has 166 valence electrons. The minimum absolute atomic E-state index is 0.0240. The average molecular weight is 466 g/mol. The van der Waals surface area contributed by atoms with Crippen LogP contribution in [0.2, 0.25) is 5.02 Å². The number of amides is 1. The molecule has 0 saturated carbocycles. The maximum absolute atomic E-state index is 16.0. The maximum Gasteiger partial charge on any atom is 0.341 e. The van der Waals surface area contributed by atoms with Gasteiger partial charge in [0, 0.05) is 16.3 Å². The fourth-order valence-electron chi connectivity index (χ4n) is 3.46. The van der Waals surface area contributed by atoms with Crippen molar-refractivity contribution in [3.05, 3.63) is 119 Å². The van der Waals surface area contributed by atoms with E-state index < -0.39 is 29.5 Å². The molecule has 1 N–H and O–H groups in total. The van der Waals surface area contributed by atoms with Crippen LogP contribution in [-0.2, 0) is 9.53 Å². The van der Waals surface area contributed by atoms with Crippen LogP contribution in [0, 0.1) is 5.92 Å². The first-order chi connectivity index (χ1) is 15.9. The standard InChI is InChI=1S/C26H18ClF2NO3/c27-19-11-13-20(14-12-19)30-24(31)22-23(28)21(17-7-3-1-4-8-17)15-16-26(22,29)33-25(32)18-9-5-2-6-10-18/h1-16,22H,(H,30,31). The van der Waals surface area contributed by atoms with Crippen molar-refractivity contribution in [1.29, 1.82) is 0 Å². The lowest BCUT2D eigenvalue weighted by Crippen LogP contribution is -2.45. The Bertz CT molecular complexity index is 1230. The predicted octanol–water partition coefficient (Wildman–Crippen LogP) is 6.37. The number of benzene rings is 3. The third kappa shape index (κ3) is 4.86. The van der Waals surface area contributed by atoms with Crippen LogP contribution >= 0.6 is 11.6 Å². The number of nitrogens with one attached hydrogen (secondary N) is 1. The Balaban J connectivity index is 1.71. The molecule has 2 unspecified atom stereocenters. The normalized spacial score (nSPS) is 19.8. The zero-order valence-electron chi connectivity index (χ0n) is 17.2. The highest BCUT2D eigenvalue weighted by atomic mass is 35.5. The predicted molar refractivity (Wildman–Crippen MR) is 123 cm³/mol. The Labute approximate surface area is 194 Å². The lowest BCUT2D eigenvalue weighted by molar-refractivity contribution is -0.139. The lowest BCUT2D eigenvalue weighted by Gasteiger charge is -2.32. The molecule has 0 saturated heterocycles. The zero-order valence-corrected chi connectivity index (χ0v) is 17.9. The monoisotopic (exact) mass is 465 g/mol. The second-order valence-corrected chi connectivity index (χ2v) is 7.78. The van der Waals surface area contributed by atoms with Crippen LogP contribution in [0.15, 0.2) is 103 Å². The highest BCUT2D eigenvalue weighted by molar-refractivity contribution is 6.30. The first-order valence-corrected chi connectivity index (χ1v) is 10.4. The third-order valence-corrected chi connectivity index (χ3v) is 5.35. The van der Waals surface area contributed by atoms with Gasteiger partial charge in [-0.05, 0) is 54.1 Å². The van der Waals surface area contributed by atoms with Gasteiger partial charge in [-0.3, -0.25) is 4.79 Å². The van der Waals surface area contributed by atoms with Gasteiger partial charge in [0.2, 0.25) is 5.91 Å². The Kier molecular flexibility index (Phi) is 6.38. The van der Waals surface area contributed by atoms with E-state index >= 15 is 8.78 Å². The molecule has 1 amide bonds. The van der Waals surface area contributed by atoms with Gasteiger partial charge in [-0.1, -0.05) is 60.1 Å². The Morgan fingerprint density at radius 3 is 2.15 bits per heavy atom. The molecular weight excluding hydrogens is 448 g/mol. The summed E-state index contributed by atoms with van der Waals surface area (Å²) in [5.74, 6) is -8.22. The summed E-state index contributed by atoms with van der Waals surface area (Å²) in [5.41, 5.74) is 0.825. The van der Waals surface area contributed by atoms with Crippen molar-refractivity contribution in [1.82, 2.24) is 0 Å². The van der Waals surface area contributed by atoms with Crippen molar-refractivity contribution >= 4 is 34.7 Å². The minimum atomic E-state index is -3.05. The van der Waals surface area contributed by atoms with Gasteiger partial charge in [-0.25, -0.2) is 9.18 Å². The van der Waals surface area contributed by atoms with Crippen molar-refractivity contribution < 1.29 is 23.1 Å². The van der Waals surface area contributed by atoms with Gasteiger partial charge >= 0.3 is 5.97 Å². The molecular formula is C26H18ClF2NO3. The van der Waals surface area contributed by atoms with E-state index in [0.717, 1.165) is 6.08 Å². The number of carbonyl (C=O) groups is 2. The van der Waals surface area contributed by atoms with E-state index in [4.69, 9.17) is 16.3 Å². The van der Waals surface area contributed by atoms with Crippen LogP contribution in [0.3, 0.4) is 0 Å². The van der Waals surface area contributed by atoms with E-state index in [1.54, 1.807) is 48.5 Å².